The number of thioether (sulfide) groups is 1. The van der Waals surface area contributed by atoms with Gasteiger partial charge in [-0.25, -0.2) is 5.43 Å². The molecule has 0 saturated carbocycles. The van der Waals surface area contributed by atoms with Gasteiger partial charge in [-0.1, -0.05) is 40.2 Å². The van der Waals surface area contributed by atoms with Crippen molar-refractivity contribution in [2.45, 2.75) is 5.75 Å². The second-order valence-electron chi connectivity index (χ2n) is 4.16. The molecule has 0 aliphatic carbocycles. The molecule has 1 amide bonds. The van der Waals surface area contributed by atoms with E-state index in [1.54, 1.807) is 30.4 Å². The number of benzene rings is 1. The minimum absolute atomic E-state index is 0.118. The van der Waals surface area contributed by atoms with E-state index in [9.17, 15) is 4.79 Å². The van der Waals surface area contributed by atoms with E-state index in [-0.39, 0.29) is 5.91 Å². The Labute approximate surface area is 136 Å². The summed E-state index contributed by atoms with van der Waals surface area (Å²) >= 11 is 5.03. The number of nitrogens with zero attached hydrogens (tertiary/aromatic N) is 2. The fourth-order valence-corrected chi connectivity index (χ4v) is 2.97. The van der Waals surface area contributed by atoms with Crippen LogP contribution in [0.1, 0.15) is 11.1 Å². The standard InChI is InChI=1S/C15H14BrN3OS/c16-14-6-2-1-5-13(14)10-21-11-15(20)19-18-9-12-4-3-7-17-8-12/h1-9H,10-11H2,(H,19,20). The van der Waals surface area contributed by atoms with E-state index >= 15 is 0 Å². The predicted octanol–water partition coefficient (Wildman–Crippen LogP) is 3.23. The van der Waals surface area contributed by atoms with Crippen LogP contribution in [-0.4, -0.2) is 22.9 Å². The van der Waals surface area contributed by atoms with E-state index in [0.717, 1.165) is 15.8 Å². The van der Waals surface area contributed by atoms with Crippen LogP contribution in [0, 0.1) is 0 Å². The number of hydrazone groups is 1. The summed E-state index contributed by atoms with van der Waals surface area (Å²) in [6, 6.07) is 11.7. The number of hydrogen-bond donors (Lipinski definition) is 1. The van der Waals surface area contributed by atoms with Gasteiger partial charge in [0.05, 0.1) is 12.0 Å². The van der Waals surface area contributed by atoms with E-state index in [0.29, 0.717) is 5.75 Å². The Hall–Kier alpha value is -1.66. The van der Waals surface area contributed by atoms with E-state index in [1.165, 1.54) is 5.56 Å². The highest BCUT2D eigenvalue weighted by atomic mass is 79.9. The molecule has 1 aromatic carbocycles. The van der Waals surface area contributed by atoms with E-state index in [1.807, 2.05) is 36.4 Å². The maximum Gasteiger partial charge on any atom is 0.250 e. The maximum atomic E-state index is 11.6. The van der Waals surface area contributed by atoms with Gasteiger partial charge in [-0.15, -0.1) is 11.8 Å². The second-order valence-corrected chi connectivity index (χ2v) is 6.00. The smallest absolute Gasteiger partial charge is 0.250 e. The van der Waals surface area contributed by atoms with Crippen LogP contribution in [-0.2, 0) is 10.5 Å². The summed E-state index contributed by atoms with van der Waals surface area (Å²) < 4.78 is 1.06. The molecule has 6 heteroatoms. The third kappa shape index (κ3) is 5.69. The minimum Gasteiger partial charge on any atom is -0.272 e. The number of halogens is 1. The maximum absolute atomic E-state index is 11.6. The normalized spacial score (nSPS) is 10.7. The highest BCUT2D eigenvalue weighted by Gasteiger charge is 2.02. The largest absolute Gasteiger partial charge is 0.272 e. The van der Waals surface area contributed by atoms with Gasteiger partial charge in [-0.3, -0.25) is 9.78 Å². The van der Waals surface area contributed by atoms with Crippen molar-refractivity contribution in [2.75, 3.05) is 5.75 Å². The molecule has 1 N–H and O–H groups in total. The van der Waals surface area contributed by atoms with Gasteiger partial charge in [-0.05, 0) is 17.7 Å². The number of nitrogens with one attached hydrogen (secondary N) is 1. The summed E-state index contributed by atoms with van der Waals surface area (Å²) in [6.45, 7) is 0. The lowest BCUT2D eigenvalue weighted by atomic mass is 10.2. The van der Waals surface area contributed by atoms with Crippen molar-refractivity contribution < 1.29 is 4.79 Å². The second kappa shape index (κ2) is 8.59. The third-order valence-corrected chi connectivity index (χ3v) is 4.29. The lowest BCUT2D eigenvalue weighted by molar-refractivity contribution is -0.118. The van der Waals surface area contributed by atoms with E-state index in [2.05, 4.69) is 31.4 Å². The van der Waals surface area contributed by atoms with E-state index < -0.39 is 0 Å². The molecule has 2 rings (SSSR count). The molecule has 21 heavy (non-hydrogen) atoms. The van der Waals surface area contributed by atoms with Crippen LogP contribution in [0.4, 0.5) is 0 Å². The van der Waals surface area contributed by atoms with Gasteiger partial charge in [0.2, 0.25) is 5.91 Å². The Morgan fingerprint density at radius 2 is 2.19 bits per heavy atom. The van der Waals surface area contributed by atoms with Gasteiger partial charge >= 0.3 is 0 Å². The molecule has 0 atom stereocenters. The molecule has 0 radical (unpaired) electrons. The first-order valence-electron chi connectivity index (χ1n) is 6.29. The SMILES string of the molecule is O=C(CSCc1ccccc1Br)NN=Cc1cccnc1. The summed E-state index contributed by atoms with van der Waals surface area (Å²) in [5.41, 5.74) is 4.52. The molecular weight excluding hydrogens is 350 g/mol. The number of aromatic nitrogens is 1. The van der Waals surface area contributed by atoms with Gasteiger partial charge in [-0.2, -0.15) is 5.10 Å². The molecule has 4 nitrogen and oxygen atoms in total. The number of rotatable bonds is 6. The lowest BCUT2D eigenvalue weighted by Gasteiger charge is -2.03. The Balaban J connectivity index is 1.71. The lowest BCUT2D eigenvalue weighted by Crippen LogP contribution is -2.19. The Morgan fingerprint density at radius 3 is 2.95 bits per heavy atom. The van der Waals surface area contributed by atoms with Gasteiger partial charge in [0.1, 0.15) is 0 Å². The average Bonchev–Trinajstić information content (AvgIpc) is 2.50. The zero-order chi connectivity index (χ0) is 14.9. The molecule has 0 saturated heterocycles. The molecule has 1 aromatic heterocycles. The number of amides is 1. The fraction of sp³-hybridized carbons (Fsp3) is 0.133. The molecule has 2 aromatic rings. The fourth-order valence-electron chi connectivity index (χ4n) is 1.53. The molecule has 0 unspecified atom stereocenters. The van der Waals surface area contributed by atoms with Crippen molar-refractivity contribution in [2.24, 2.45) is 5.10 Å². The molecule has 0 aliphatic rings. The van der Waals surface area contributed by atoms with Crippen molar-refractivity contribution in [1.82, 2.24) is 10.4 Å². The van der Waals surface area contributed by atoms with Crippen LogP contribution in [0.15, 0.2) is 58.4 Å². The Bertz CT molecular complexity index is 619. The van der Waals surface area contributed by atoms with Crippen LogP contribution >= 0.6 is 27.7 Å². The summed E-state index contributed by atoms with van der Waals surface area (Å²) in [5, 5.41) is 3.90. The van der Waals surface area contributed by atoms with Crippen LogP contribution in [0.5, 0.6) is 0 Å². The quantitative estimate of drug-likeness (QED) is 0.633. The molecule has 0 fully saturated rings. The van der Waals surface area contributed by atoms with Gasteiger partial charge in [0.15, 0.2) is 0 Å². The van der Waals surface area contributed by atoms with Crippen molar-refractivity contribution in [3.8, 4) is 0 Å². The van der Waals surface area contributed by atoms with Crippen LogP contribution in [0.3, 0.4) is 0 Å². The molecule has 1 heterocycles. The van der Waals surface area contributed by atoms with Crippen molar-refractivity contribution >= 4 is 39.8 Å². The molecule has 108 valence electrons. The first kappa shape index (κ1) is 15.7. The first-order valence-corrected chi connectivity index (χ1v) is 8.23. The number of hydrogen-bond acceptors (Lipinski definition) is 4. The summed E-state index contributed by atoms with van der Waals surface area (Å²) in [5.74, 6) is 1.03. The highest BCUT2D eigenvalue weighted by molar-refractivity contribution is 9.10. The van der Waals surface area contributed by atoms with Crippen molar-refractivity contribution in [3.63, 3.8) is 0 Å². The van der Waals surface area contributed by atoms with Crippen LogP contribution in [0.2, 0.25) is 0 Å². The summed E-state index contributed by atoms with van der Waals surface area (Å²) in [6.07, 6.45) is 4.94. The molecule has 0 bridgehead atoms. The third-order valence-electron chi connectivity index (χ3n) is 2.54. The van der Waals surface area contributed by atoms with Crippen LogP contribution < -0.4 is 5.43 Å². The number of carbonyl (C=O) groups excluding carboxylic acids is 1. The number of carbonyl (C=O) groups is 1. The Morgan fingerprint density at radius 1 is 1.33 bits per heavy atom. The van der Waals surface area contributed by atoms with Crippen molar-refractivity contribution in [1.29, 1.82) is 0 Å². The monoisotopic (exact) mass is 363 g/mol. The van der Waals surface area contributed by atoms with E-state index in [4.69, 9.17) is 0 Å². The average molecular weight is 364 g/mol. The molecule has 0 aliphatic heterocycles. The highest BCUT2D eigenvalue weighted by Crippen LogP contribution is 2.20. The first-order chi connectivity index (χ1) is 10.3. The zero-order valence-corrected chi connectivity index (χ0v) is 13.6. The minimum atomic E-state index is -0.118. The summed E-state index contributed by atoms with van der Waals surface area (Å²) in [4.78, 5) is 15.6. The summed E-state index contributed by atoms with van der Waals surface area (Å²) in [7, 11) is 0. The van der Waals surface area contributed by atoms with Crippen molar-refractivity contribution in [3.05, 3.63) is 64.4 Å². The van der Waals surface area contributed by atoms with Gasteiger partial charge < -0.3 is 0 Å². The number of pyridine rings is 1. The topological polar surface area (TPSA) is 54.4 Å². The van der Waals surface area contributed by atoms with Gasteiger partial charge in [0, 0.05) is 28.2 Å². The molecular formula is C15H14BrN3OS. The van der Waals surface area contributed by atoms with Crippen LogP contribution in [0.25, 0.3) is 0 Å². The molecule has 0 spiro atoms. The van der Waals surface area contributed by atoms with Gasteiger partial charge in [0.25, 0.3) is 0 Å². The zero-order valence-electron chi connectivity index (χ0n) is 11.2. The Kier molecular flexibility index (Phi) is 6.43. The predicted molar refractivity (Wildman–Crippen MR) is 90.3 cm³/mol.